The fourth-order valence-corrected chi connectivity index (χ4v) is 3.53. The van der Waals surface area contributed by atoms with Crippen LogP contribution in [0.1, 0.15) is 33.6 Å². The third kappa shape index (κ3) is 3.35. The summed E-state index contributed by atoms with van der Waals surface area (Å²) in [5.74, 6) is 2.47. The van der Waals surface area contributed by atoms with E-state index in [2.05, 4.69) is 48.3 Å². The molecule has 2 nitrogen and oxygen atoms in total. The Hall–Kier alpha value is 0.650. The fraction of sp³-hybridized carbons (Fsp3) is 1.00. The number of hydrogen-bond acceptors (Lipinski definition) is 2. The first-order valence-electron chi connectivity index (χ1n) is 6.99. The van der Waals surface area contributed by atoms with Crippen molar-refractivity contribution in [3.8, 4) is 0 Å². The smallest absolute Gasteiger partial charge is 0.0469 e. The zero-order valence-electron chi connectivity index (χ0n) is 11.4. The summed E-state index contributed by atoms with van der Waals surface area (Å²) in [4.78, 5) is 2.70. The van der Waals surface area contributed by atoms with E-state index in [4.69, 9.17) is 4.74 Å². The van der Waals surface area contributed by atoms with Crippen LogP contribution in [0.5, 0.6) is 0 Å². The van der Waals surface area contributed by atoms with Gasteiger partial charge < -0.3 is 9.64 Å². The fourth-order valence-electron chi connectivity index (χ4n) is 3.14. The average Bonchev–Trinajstić information content (AvgIpc) is 2.28. The molecule has 0 aromatic rings. The van der Waals surface area contributed by atoms with Gasteiger partial charge >= 0.3 is 0 Å². The molecule has 2 unspecified atom stereocenters. The van der Waals surface area contributed by atoms with Gasteiger partial charge in [0.2, 0.25) is 0 Å². The maximum absolute atomic E-state index is 5.44. The SMILES string of the molecule is CC1CN(CC2CCOCC2)CC(C)C1(C)I. The first kappa shape index (κ1) is 14.1. The highest BCUT2D eigenvalue weighted by atomic mass is 127. The summed E-state index contributed by atoms with van der Waals surface area (Å²) in [6, 6.07) is 0. The molecule has 0 spiro atoms. The van der Waals surface area contributed by atoms with E-state index in [1.165, 1.54) is 32.5 Å². The molecule has 0 radical (unpaired) electrons. The molecule has 0 saturated carbocycles. The van der Waals surface area contributed by atoms with Gasteiger partial charge in [0.1, 0.15) is 0 Å². The number of halogens is 1. The van der Waals surface area contributed by atoms with Gasteiger partial charge in [0.05, 0.1) is 0 Å². The van der Waals surface area contributed by atoms with E-state index >= 15 is 0 Å². The summed E-state index contributed by atoms with van der Waals surface area (Å²) in [6.45, 7) is 13.1. The van der Waals surface area contributed by atoms with Crippen molar-refractivity contribution in [3.63, 3.8) is 0 Å². The Kier molecular flexibility index (Phi) is 4.75. The lowest BCUT2D eigenvalue weighted by Gasteiger charge is -2.47. The predicted octanol–water partition coefficient (Wildman–Crippen LogP) is 3.19. The molecule has 3 heteroatoms. The van der Waals surface area contributed by atoms with Crippen molar-refractivity contribution >= 4 is 22.6 Å². The van der Waals surface area contributed by atoms with Crippen LogP contribution in [-0.4, -0.2) is 41.2 Å². The van der Waals surface area contributed by atoms with Gasteiger partial charge in [-0.25, -0.2) is 0 Å². The molecule has 0 aromatic carbocycles. The zero-order valence-corrected chi connectivity index (χ0v) is 13.6. The molecule has 2 atom stereocenters. The Labute approximate surface area is 120 Å². The summed E-state index contributed by atoms with van der Waals surface area (Å²) in [6.07, 6.45) is 2.53. The second-order valence-electron chi connectivity index (χ2n) is 6.23. The Morgan fingerprint density at radius 2 is 1.71 bits per heavy atom. The Morgan fingerprint density at radius 1 is 1.18 bits per heavy atom. The Balaban J connectivity index is 1.86. The minimum absolute atomic E-state index is 0.476. The Bertz CT molecular complexity index is 237. The van der Waals surface area contributed by atoms with Crippen LogP contribution in [0.3, 0.4) is 0 Å². The van der Waals surface area contributed by atoms with E-state index in [0.29, 0.717) is 3.42 Å². The summed E-state index contributed by atoms with van der Waals surface area (Å²) in [5.41, 5.74) is 0. The van der Waals surface area contributed by atoms with E-state index < -0.39 is 0 Å². The third-order valence-corrected chi connectivity index (χ3v) is 6.97. The van der Waals surface area contributed by atoms with Gasteiger partial charge in [0.25, 0.3) is 0 Å². The number of nitrogens with zero attached hydrogens (tertiary/aromatic N) is 1. The van der Waals surface area contributed by atoms with Gasteiger partial charge in [-0.05, 0) is 37.5 Å². The molecular formula is C14H26INO. The number of piperidine rings is 1. The second-order valence-corrected chi connectivity index (χ2v) is 8.55. The molecule has 2 aliphatic heterocycles. The van der Waals surface area contributed by atoms with Gasteiger partial charge in [-0.1, -0.05) is 36.4 Å². The number of hydrogen-bond donors (Lipinski definition) is 0. The lowest BCUT2D eigenvalue weighted by atomic mass is 9.80. The number of likely N-dealkylation sites (tertiary alicyclic amines) is 1. The van der Waals surface area contributed by atoms with Crippen molar-refractivity contribution in [2.24, 2.45) is 17.8 Å². The molecule has 0 amide bonds. The van der Waals surface area contributed by atoms with Crippen LogP contribution in [0.2, 0.25) is 0 Å². The van der Waals surface area contributed by atoms with Crippen LogP contribution in [0.25, 0.3) is 0 Å². The van der Waals surface area contributed by atoms with Crippen LogP contribution >= 0.6 is 22.6 Å². The highest BCUT2D eigenvalue weighted by Gasteiger charge is 2.40. The quantitative estimate of drug-likeness (QED) is 0.560. The zero-order chi connectivity index (χ0) is 12.5. The minimum atomic E-state index is 0.476. The lowest BCUT2D eigenvalue weighted by Crippen LogP contribution is -2.52. The van der Waals surface area contributed by atoms with E-state index in [0.717, 1.165) is 31.0 Å². The first-order valence-corrected chi connectivity index (χ1v) is 8.07. The molecule has 0 aliphatic carbocycles. The van der Waals surface area contributed by atoms with Gasteiger partial charge in [0.15, 0.2) is 0 Å². The molecule has 2 saturated heterocycles. The van der Waals surface area contributed by atoms with Crippen LogP contribution in [-0.2, 0) is 4.74 Å². The maximum Gasteiger partial charge on any atom is 0.0469 e. The van der Waals surface area contributed by atoms with Crippen molar-refractivity contribution in [2.45, 2.75) is 37.0 Å². The normalized spacial score (nSPS) is 41.6. The molecule has 0 N–H and O–H groups in total. The number of ether oxygens (including phenoxy) is 1. The third-order valence-electron chi connectivity index (χ3n) is 4.85. The van der Waals surface area contributed by atoms with E-state index in [-0.39, 0.29) is 0 Å². The van der Waals surface area contributed by atoms with Gasteiger partial charge in [-0.15, -0.1) is 0 Å². The molecule has 0 aromatic heterocycles. The van der Waals surface area contributed by atoms with Crippen molar-refractivity contribution in [1.82, 2.24) is 4.90 Å². The van der Waals surface area contributed by atoms with Crippen LogP contribution < -0.4 is 0 Å². The van der Waals surface area contributed by atoms with Gasteiger partial charge in [-0.3, -0.25) is 0 Å². The van der Waals surface area contributed by atoms with Crippen molar-refractivity contribution in [2.75, 3.05) is 32.8 Å². The maximum atomic E-state index is 5.44. The molecule has 2 fully saturated rings. The molecule has 2 aliphatic rings. The second kappa shape index (κ2) is 5.74. The van der Waals surface area contributed by atoms with Crippen molar-refractivity contribution in [3.05, 3.63) is 0 Å². The summed E-state index contributed by atoms with van der Waals surface area (Å²) in [5, 5.41) is 0. The van der Waals surface area contributed by atoms with Gasteiger partial charge in [-0.2, -0.15) is 0 Å². The standard InChI is InChI=1S/C14H26INO/c1-11-8-16(9-12(2)14(11,3)15)10-13-4-6-17-7-5-13/h11-13H,4-10H2,1-3H3. The van der Waals surface area contributed by atoms with Crippen LogP contribution in [0.4, 0.5) is 0 Å². The topological polar surface area (TPSA) is 12.5 Å². The largest absolute Gasteiger partial charge is 0.381 e. The number of alkyl halides is 1. The van der Waals surface area contributed by atoms with Crippen LogP contribution in [0.15, 0.2) is 0 Å². The van der Waals surface area contributed by atoms with Crippen molar-refractivity contribution < 1.29 is 4.74 Å². The molecule has 2 rings (SSSR count). The molecule has 2 heterocycles. The number of rotatable bonds is 2. The Morgan fingerprint density at radius 3 is 2.24 bits per heavy atom. The van der Waals surface area contributed by atoms with Crippen molar-refractivity contribution in [1.29, 1.82) is 0 Å². The van der Waals surface area contributed by atoms with Gasteiger partial charge in [0, 0.05) is 36.3 Å². The molecule has 0 bridgehead atoms. The highest BCUT2D eigenvalue weighted by molar-refractivity contribution is 14.1. The van der Waals surface area contributed by atoms with E-state index in [1.807, 2.05) is 0 Å². The average molecular weight is 351 g/mol. The monoisotopic (exact) mass is 351 g/mol. The minimum Gasteiger partial charge on any atom is -0.381 e. The molecule has 100 valence electrons. The first-order chi connectivity index (χ1) is 8.00. The summed E-state index contributed by atoms with van der Waals surface area (Å²) >= 11 is 2.68. The predicted molar refractivity (Wildman–Crippen MR) is 80.7 cm³/mol. The summed E-state index contributed by atoms with van der Waals surface area (Å²) in [7, 11) is 0. The lowest BCUT2D eigenvalue weighted by molar-refractivity contribution is 0.0361. The van der Waals surface area contributed by atoms with E-state index in [1.54, 1.807) is 0 Å². The molecular weight excluding hydrogens is 325 g/mol. The summed E-state index contributed by atoms with van der Waals surface area (Å²) < 4.78 is 5.92. The van der Waals surface area contributed by atoms with Crippen LogP contribution in [0, 0.1) is 17.8 Å². The highest BCUT2D eigenvalue weighted by Crippen LogP contribution is 2.40. The molecule has 17 heavy (non-hydrogen) atoms. The van der Waals surface area contributed by atoms with E-state index in [9.17, 15) is 0 Å².